The van der Waals surface area contributed by atoms with Gasteiger partial charge in [0.1, 0.15) is 0 Å². The maximum absolute atomic E-state index is 13.1. The molecule has 0 saturated carbocycles. The predicted molar refractivity (Wildman–Crippen MR) is 87.5 cm³/mol. The lowest BCUT2D eigenvalue weighted by molar-refractivity contribution is 0.0713. The lowest BCUT2D eigenvalue weighted by atomic mass is 9.96. The highest BCUT2D eigenvalue weighted by molar-refractivity contribution is 5.97. The number of carbonyl (C=O) groups is 1. The number of likely N-dealkylation sites (tertiary alicyclic amines) is 1. The van der Waals surface area contributed by atoms with Crippen molar-refractivity contribution in [3.8, 4) is 0 Å². The molecule has 1 unspecified atom stereocenters. The first-order valence-corrected chi connectivity index (χ1v) is 8.34. The Balaban J connectivity index is 1.66. The van der Waals surface area contributed by atoms with Crippen molar-refractivity contribution in [1.29, 1.82) is 0 Å². The number of nitrogens with one attached hydrogen (secondary N) is 1. The number of anilines is 1. The quantitative estimate of drug-likeness (QED) is 0.924. The SMILES string of the molecule is Cc1cc(C2CCCN2C(=O)c2cccc3c2CCCN3)on1. The van der Waals surface area contributed by atoms with E-state index in [0.717, 1.165) is 67.0 Å². The minimum Gasteiger partial charge on any atom is -0.385 e. The van der Waals surface area contributed by atoms with E-state index in [-0.39, 0.29) is 11.9 Å². The molecule has 1 amide bonds. The number of aromatic nitrogens is 1. The van der Waals surface area contributed by atoms with Crippen LogP contribution in [0.4, 0.5) is 5.69 Å². The Morgan fingerprint density at radius 2 is 2.30 bits per heavy atom. The first kappa shape index (κ1) is 14.3. The summed E-state index contributed by atoms with van der Waals surface area (Å²) in [6.07, 6.45) is 3.98. The van der Waals surface area contributed by atoms with Crippen molar-refractivity contribution in [2.24, 2.45) is 0 Å². The average molecular weight is 311 g/mol. The van der Waals surface area contributed by atoms with E-state index in [2.05, 4.69) is 16.5 Å². The van der Waals surface area contributed by atoms with Crippen LogP contribution in [0.5, 0.6) is 0 Å². The van der Waals surface area contributed by atoms with Gasteiger partial charge in [0.15, 0.2) is 5.76 Å². The van der Waals surface area contributed by atoms with Crippen LogP contribution in [0, 0.1) is 6.92 Å². The number of carbonyl (C=O) groups excluding carboxylic acids is 1. The van der Waals surface area contributed by atoms with Gasteiger partial charge in [-0.15, -0.1) is 0 Å². The molecule has 1 atom stereocenters. The molecule has 1 saturated heterocycles. The van der Waals surface area contributed by atoms with Crippen molar-refractivity contribution in [3.05, 3.63) is 46.8 Å². The summed E-state index contributed by atoms with van der Waals surface area (Å²) < 4.78 is 5.42. The smallest absolute Gasteiger partial charge is 0.254 e. The Labute approximate surface area is 135 Å². The van der Waals surface area contributed by atoms with Crippen molar-refractivity contribution in [2.75, 3.05) is 18.4 Å². The van der Waals surface area contributed by atoms with Crippen LogP contribution in [0.25, 0.3) is 0 Å². The summed E-state index contributed by atoms with van der Waals surface area (Å²) in [5.41, 5.74) is 3.95. The van der Waals surface area contributed by atoms with E-state index in [1.165, 1.54) is 0 Å². The van der Waals surface area contributed by atoms with E-state index < -0.39 is 0 Å². The van der Waals surface area contributed by atoms with Gasteiger partial charge in [0.25, 0.3) is 5.91 Å². The summed E-state index contributed by atoms with van der Waals surface area (Å²) in [6.45, 7) is 3.67. The van der Waals surface area contributed by atoms with Crippen LogP contribution in [0.3, 0.4) is 0 Å². The highest BCUT2D eigenvalue weighted by Crippen LogP contribution is 2.35. The highest BCUT2D eigenvalue weighted by Gasteiger charge is 2.34. The zero-order chi connectivity index (χ0) is 15.8. The van der Waals surface area contributed by atoms with E-state index in [1.54, 1.807) is 0 Å². The number of fused-ring (bicyclic) bond motifs is 1. The number of hydrogen-bond acceptors (Lipinski definition) is 4. The Kier molecular flexibility index (Phi) is 3.56. The summed E-state index contributed by atoms with van der Waals surface area (Å²) in [5.74, 6) is 0.915. The molecule has 1 aromatic heterocycles. The summed E-state index contributed by atoms with van der Waals surface area (Å²) in [4.78, 5) is 15.1. The van der Waals surface area contributed by atoms with Crippen molar-refractivity contribution in [3.63, 3.8) is 0 Å². The lowest BCUT2D eigenvalue weighted by Crippen LogP contribution is -2.31. The molecule has 0 bridgehead atoms. The Bertz CT molecular complexity index is 738. The monoisotopic (exact) mass is 311 g/mol. The van der Waals surface area contributed by atoms with Gasteiger partial charge in [-0.05, 0) is 50.3 Å². The minimum atomic E-state index is 0.0103. The van der Waals surface area contributed by atoms with Crippen LogP contribution in [0.2, 0.25) is 0 Å². The molecule has 0 radical (unpaired) electrons. The fourth-order valence-corrected chi connectivity index (χ4v) is 3.71. The van der Waals surface area contributed by atoms with Crippen LogP contribution in [-0.2, 0) is 6.42 Å². The van der Waals surface area contributed by atoms with Crippen LogP contribution >= 0.6 is 0 Å². The topological polar surface area (TPSA) is 58.4 Å². The summed E-state index contributed by atoms with van der Waals surface area (Å²) in [7, 11) is 0. The largest absolute Gasteiger partial charge is 0.385 e. The molecule has 5 heteroatoms. The normalized spacial score (nSPS) is 20.2. The summed E-state index contributed by atoms with van der Waals surface area (Å²) >= 11 is 0. The molecule has 2 aliphatic rings. The van der Waals surface area contributed by atoms with E-state index in [1.807, 2.05) is 30.0 Å². The van der Waals surface area contributed by atoms with Gasteiger partial charge >= 0.3 is 0 Å². The van der Waals surface area contributed by atoms with Gasteiger partial charge in [-0.1, -0.05) is 11.2 Å². The van der Waals surface area contributed by atoms with Gasteiger partial charge < -0.3 is 14.7 Å². The zero-order valence-electron chi connectivity index (χ0n) is 13.3. The van der Waals surface area contributed by atoms with Crippen molar-refractivity contribution in [1.82, 2.24) is 10.1 Å². The Hall–Kier alpha value is -2.30. The van der Waals surface area contributed by atoms with Crippen molar-refractivity contribution < 1.29 is 9.32 Å². The minimum absolute atomic E-state index is 0.0103. The number of hydrogen-bond donors (Lipinski definition) is 1. The van der Waals surface area contributed by atoms with Gasteiger partial charge in [0, 0.05) is 30.4 Å². The molecule has 0 spiro atoms. The average Bonchev–Trinajstić information content (AvgIpc) is 3.22. The zero-order valence-corrected chi connectivity index (χ0v) is 13.3. The third-order valence-electron chi connectivity index (χ3n) is 4.81. The van der Waals surface area contributed by atoms with E-state index in [4.69, 9.17) is 4.52 Å². The first-order valence-electron chi connectivity index (χ1n) is 8.34. The maximum atomic E-state index is 13.1. The molecule has 0 aliphatic carbocycles. The van der Waals surface area contributed by atoms with Crippen LogP contribution in [0.1, 0.15) is 52.7 Å². The molecule has 1 aromatic carbocycles. The molecule has 1 N–H and O–H groups in total. The summed E-state index contributed by atoms with van der Waals surface area (Å²) in [6, 6.07) is 7.93. The third kappa shape index (κ3) is 2.50. The number of benzene rings is 1. The van der Waals surface area contributed by atoms with Crippen LogP contribution in [-0.4, -0.2) is 29.1 Å². The van der Waals surface area contributed by atoms with Gasteiger partial charge in [0.2, 0.25) is 0 Å². The second-order valence-electron chi connectivity index (χ2n) is 6.39. The van der Waals surface area contributed by atoms with Gasteiger partial charge in [-0.2, -0.15) is 0 Å². The number of aryl methyl sites for hydroxylation is 1. The second kappa shape index (κ2) is 5.72. The molecular weight excluding hydrogens is 290 g/mol. The molecular formula is C18H21N3O2. The fourth-order valence-electron chi connectivity index (χ4n) is 3.71. The Morgan fingerprint density at radius 3 is 3.13 bits per heavy atom. The van der Waals surface area contributed by atoms with Crippen LogP contribution in [0.15, 0.2) is 28.8 Å². The van der Waals surface area contributed by atoms with Gasteiger partial charge in [0.05, 0.1) is 11.7 Å². The molecule has 4 rings (SSSR count). The lowest BCUT2D eigenvalue weighted by Gasteiger charge is -2.26. The molecule has 2 aliphatic heterocycles. The van der Waals surface area contributed by atoms with E-state index in [9.17, 15) is 4.79 Å². The summed E-state index contributed by atoms with van der Waals surface area (Å²) in [5, 5.41) is 7.37. The molecule has 2 aromatic rings. The highest BCUT2D eigenvalue weighted by atomic mass is 16.5. The fraction of sp³-hybridized carbons (Fsp3) is 0.444. The van der Waals surface area contributed by atoms with Crippen molar-refractivity contribution >= 4 is 11.6 Å². The second-order valence-corrected chi connectivity index (χ2v) is 6.39. The van der Waals surface area contributed by atoms with E-state index in [0.29, 0.717) is 0 Å². The molecule has 3 heterocycles. The number of rotatable bonds is 2. The number of nitrogens with zero attached hydrogens (tertiary/aromatic N) is 2. The van der Waals surface area contributed by atoms with E-state index >= 15 is 0 Å². The molecule has 120 valence electrons. The number of amides is 1. The molecule has 23 heavy (non-hydrogen) atoms. The maximum Gasteiger partial charge on any atom is 0.254 e. The first-order chi connectivity index (χ1) is 11.2. The van der Waals surface area contributed by atoms with Crippen molar-refractivity contribution in [2.45, 2.75) is 38.6 Å². The van der Waals surface area contributed by atoms with Crippen LogP contribution < -0.4 is 5.32 Å². The van der Waals surface area contributed by atoms with Gasteiger partial charge in [-0.25, -0.2) is 0 Å². The molecule has 5 nitrogen and oxygen atoms in total. The third-order valence-corrected chi connectivity index (χ3v) is 4.81. The standard InChI is InChI=1S/C18H21N3O2/c1-12-11-17(23-20-12)16-8-4-10-21(16)18(22)14-5-2-7-15-13(14)6-3-9-19-15/h2,5,7,11,16,19H,3-4,6,8-10H2,1H3. The Morgan fingerprint density at radius 1 is 1.39 bits per heavy atom. The molecule has 1 fully saturated rings. The van der Waals surface area contributed by atoms with Gasteiger partial charge in [-0.3, -0.25) is 4.79 Å². The predicted octanol–water partition coefficient (Wildman–Crippen LogP) is 3.32.